The first-order valence-corrected chi connectivity index (χ1v) is 16.8. The first-order chi connectivity index (χ1) is 22.7. The molecule has 0 saturated carbocycles. The van der Waals surface area contributed by atoms with Gasteiger partial charge in [-0.05, 0) is 42.7 Å². The molecule has 0 aromatic heterocycles. The topological polar surface area (TPSA) is 173 Å². The number of nitro benzene ring substituents is 2. The predicted octanol–water partition coefficient (Wildman–Crippen LogP) is 4.56. The lowest BCUT2D eigenvalue weighted by Crippen LogP contribution is -2.46. The Balaban J connectivity index is 1.14. The number of nitro groups is 2. The molecule has 6 rings (SSSR count). The number of hydrogen-bond acceptors (Lipinski definition) is 12. The van der Waals surface area contributed by atoms with E-state index in [1.54, 1.807) is 12.1 Å². The minimum Gasteiger partial charge on any atom is -0.454 e. The van der Waals surface area contributed by atoms with Crippen LogP contribution < -0.4 is 19.8 Å². The molecule has 15 nitrogen and oxygen atoms in total. The van der Waals surface area contributed by atoms with E-state index in [4.69, 9.17) is 9.47 Å². The van der Waals surface area contributed by atoms with Crippen molar-refractivity contribution in [3.05, 3.63) is 86.0 Å². The van der Waals surface area contributed by atoms with Crippen LogP contribution in [-0.4, -0.2) is 79.7 Å². The molecule has 3 aliphatic rings. The van der Waals surface area contributed by atoms with E-state index in [1.807, 2.05) is 23.1 Å². The molecule has 0 bridgehead atoms. The van der Waals surface area contributed by atoms with Gasteiger partial charge in [0.15, 0.2) is 11.5 Å². The summed E-state index contributed by atoms with van der Waals surface area (Å²) in [6.45, 7) is 4.26. The molecule has 0 atom stereocenters. The summed E-state index contributed by atoms with van der Waals surface area (Å²) in [5.74, 6) is 1.48. The van der Waals surface area contributed by atoms with Crippen molar-refractivity contribution in [2.45, 2.75) is 37.1 Å². The van der Waals surface area contributed by atoms with Crippen molar-refractivity contribution in [3.63, 3.8) is 0 Å². The van der Waals surface area contributed by atoms with Crippen molar-refractivity contribution in [1.29, 1.82) is 0 Å². The number of sulfonamides is 1. The fourth-order valence-electron chi connectivity index (χ4n) is 6.01. The van der Waals surface area contributed by atoms with Crippen LogP contribution >= 0.6 is 0 Å². The van der Waals surface area contributed by atoms with Gasteiger partial charge in [0.2, 0.25) is 16.8 Å². The number of non-ortho nitro benzene ring substituents is 1. The zero-order valence-electron chi connectivity index (χ0n) is 25.6. The molecule has 3 aromatic carbocycles. The highest BCUT2D eigenvalue weighted by molar-refractivity contribution is 7.89. The number of ether oxygens (including phenoxy) is 2. The molecule has 16 heteroatoms. The van der Waals surface area contributed by atoms with Crippen LogP contribution in [0.5, 0.6) is 11.5 Å². The smallest absolute Gasteiger partial charge is 0.293 e. The summed E-state index contributed by atoms with van der Waals surface area (Å²) in [7, 11) is -4.04. The number of hydrogen-bond donors (Lipinski definition) is 1. The van der Waals surface area contributed by atoms with E-state index in [0.717, 1.165) is 55.6 Å². The number of rotatable bonds is 10. The van der Waals surface area contributed by atoms with E-state index >= 15 is 0 Å². The molecular weight excluding hydrogens is 630 g/mol. The van der Waals surface area contributed by atoms with E-state index in [-0.39, 0.29) is 28.8 Å². The Morgan fingerprint density at radius 3 is 2.30 bits per heavy atom. The number of nitrogens with one attached hydrogen (secondary N) is 1. The summed E-state index contributed by atoms with van der Waals surface area (Å²) in [6, 6.07) is 14.2. The summed E-state index contributed by atoms with van der Waals surface area (Å²) >= 11 is 0. The Labute approximate surface area is 271 Å². The molecule has 2 fully saturated rings. The highest BCUT2D eigenvalue weighted by Gasteiger charge is 2.30. The van der Waals surface area contributed by atoms with Crippen LogP contribution in [0.1, 0.15) is 36.8 Å². The number of benzene rings is 3. The number of piperazine rings is 1. The largest absolute Gasteiger partial charge is 0.454 e. The van der Waals surface area contributed by atoms with E-state index in [9.17, 15) is 28.6 Å². The van der Waals surface area contributed by atoms with E-state index in [2.05, 4.69) is 15.4 Å². The lowest BCUT2D eigenvalue weighted by Gasteiger charge is -2.35. The minimum atomic E-state index is -4.04. The first kappa shape index (κ1) is 32.2. The quantitative estimate of drug-likeness (QED) is 0.183. The zero-order valence-corrected chi connectivity index (χ0v) is 26.4. The summed E-state index contributed by atoms with van der Waals surface area (Å²) in [6.07, 6.45) is 4.60. The standard InChI is InChI=1S/C31H35N7O8S/c39-37(40)25-7-8-26(31(19-25)47(43,44)36-11-3-1-2-4-12-36)33-32-20-23-5-9-27(28(17-23)38(41)42)35-15-13-34(14-16-35)21-24-6-10-29-30(18-24)46-22-45-29/h5-10,17-20,33H,1-4,11-16,21-22H2/b32-20-. The number of hydrazone groups is 1. The highest BCUT2D eigenvalue weighted by Crippen LogP contribution is 2.34. The Hall–Kier alpha value is -4.80. The van der Waals surface area contributed by atoms with Gasteiger partial charge in [-0.3, -0.25) is 30.6 Å². The van der Waals surface area contributed by atoms with Crippen molar-refractivity contribution in [1.82, 2.24) is 9.21 Å². The van der Waals surface area contributed by atoms with Crippen LogP contribution in [0.25, 0.3) is 0 Å². The minimum absolute atomic E-state index is 0.0702. The second kappa shape index (κ2) is 13.9. The van der Waals surface area contributed by atoms with Crippen molar-refractivity contribution >= 4 is 39.0 Å². The molecular formula is C31H35N7O8S. The molecule has 248 valence electrons. The summed E-state index contributed by atoms with van der Waals surface area (Å²) in [5.41, 5.74) is 4.37. The lowest BCUT2D eigenvalue weighted by molar-refractivity contribution is -0.385. The lowest BCUT2D eigenvalue weighted by atomic mass is 10.1. The molecule has 3 aromatic rings. The second-order valence-corrected chi connectivity index (χ2v) is 13.5. The Kier molecular flexibility index (Phi) is 9.51. The molecule has 47 heavy (non-hydrogen) atoms. The molecule has 0 radical (unpaired) electrons. The van der Waals surface area contributed by atoms with Crippen molar-refractivity contribution in [2.75, 3.05) is 56.4 Å². The fourth-order valence-corrected chi connectivity index (χ4v) is 7.68. The van der Waals surface area contributed by atoms with Crippen LogP contribution in [0.3, 0.4) is 0 Å². The summed E-state index contributed by atoms with van der Waals surface area (Å²) < 4.78 is 39.3. The van der Waals surface area contributed by atoms with Crippen LogP contribution in [0, 0.1) is 20.2 Å². The fraction of sp³-hybridized carbons (Fsp3) is 0.387. The summed E-state index contributed by atoms with van der Waals surface area (Å²) in [5, 5.41) is 27.7. The molecule has 0 unspecified atom stereocenters. The number of anilines is 2. The van der Waals surface area contributed by atoms with Crippen LogP contribution in [0.2, 0.25) is 0 Å². The van der Waals surface area contributed by atoms with Gasteiger partial charge in [-0.1, -0.05) is 25.0 Å². The Bertz CT molecular complexity index is 1790. The van der Waals surface area contributed by atoms with Gasteiger partial charge in [0.1, 0.15) is 10.6 Å². The molecule has 0 amide bonds. The third-order valence-corrected chi connectivity index (χ3v) is 10.4. The highest BCUT2D eigenvalue weighted by atomic mass is 32.2. The van der Waals surface area contributed by atoms with Gasteiger partial charge in [0, 0.05) is 69.6 Å². The van der Waals surface area contributed by atoms with Crippen molar-refractivity contribution < 1.29 is 27.7 Å². The molecule has 2 saturated heterocycles. The zero-order chi connectivity index (χ0) is 33.0. The average Bonchev–Trinajstić information content (AvgIpc) is 3.35. The summed E-state index contributed by atoms with van der Waals surface area (Å²) in [4.78, 5) is 26.5. The van der Waals surface area contributed by atoms with E-state index in [1.165, 1.54) is 28.7 Å². The van der Waals surface area contributed by atoms with Crippen LogP contribution in [0.4, 0.5) is 22.7 Å². The molecule has 3 heterocycles. The van der Waals surface area contributed by atoms with Gasteiger partial charge >= 0.3 is 0 Å². The third-order valence-electron chi connectivity index (χ3n) is 8.51. The molecule has 0 spiro atoms. The normalized spacial score (nSPS) is 17.5. The molecule has 3 aliphatic heterocycles. The average molecular weight is 666 g/mol. The third kappa shape index (κ3) is 7.29. The Morgan fingerprint density at radius 2 is 1.57 bits per heavy atom. The second-order valence-electron chi connectivity index (χ2n) is 11.6. The first-order valence-electron chi connectivity index (χ1n) is 15.4. The van der Waals surface area contributed by atoms with Crippen molar-refractivity contribution in [3.8, 4) is 11.5 Å². The number of nitrogens with zero attached hydrogens (tertiary/aromatic N) is 6. The van der Waals surface area contributed by atoms with Gasteiger partial charge in [-0.2, -0.15) is 9.41 Å². The van der Waals surface area contributed by atoms with Gasteiger partial charge in [0.05, 0.1) is 21.7 Å². The van der Waals surface area contributed by atoms with E-state index < -0.39 is 19.9 Å². The van der Waals surface area contributed by atoms with Gasteiger partial charge in [-0.25, -0.2) is 8.42 Å². The van der Waals surface area contributed by atoms with Crippen molar-refractivity contribution in [2.24, 2.45) is 5.10 Å². The number of fused-ring (bicyclic) bond motifs is 1. The van der Waals surface area contributed by atoms with Crippen LogP contribution in [-0.2, 0) is 16.6 Å². The van der Waals surface area contributed by atoms with Gasteiger partial charge in [0.25, 0.3) is 11.4 Å². The van der Waals surface area contributed by atoms with Gasteiger partial charge < -0.3 is 14.4 Å². The van der Waals surface area contributed by atoms with Gasteiger partial charge in [-0.15, -0.1) is 0 Å². The monoisotopic (exact) mass is 665 g/mol. The SMILES string of the molecule is O=[N+]([O-])c1ccc(N/N=C\c2ccc(N3CCN(Cc4ccc5c(c4)OCO5)CC3)c([N+](=O)[O-])c2)c(S(=O)(=O)N2CCCCCC2)c1. The maximum absolute atomic E-state index is 13.5. The maximum atomic E-state index is 13.5. The van der Waals surface area contributed by atoms with Crippen LogP contribution in [0.15, 0.2) is 64.6 Å². The van der Waals surface area contributed by atoms with E-state index in [0.29, 0.717) is 50.3 Å². The molecule has 0 aliphatic carbocycles. The molecule has 1 N–H and O–H groups in total. The Morgan fingerprint density at radius 1 is 0.830 bits per heavy atom. The maximum Gasteiger partial charge on any atom is 0.293 e. The predicted molar refractivity (Wildman–Crippen MR) is 175 cm³/mol.